The Bertz CT molecular complexity index is 1450. The average molecular weight is 490 g/mol. The molecule has 0 spiro atoms. The Morgan fingerprint density at radius 2 is 1.56 bits per heavy atom. The quantitative estimate of drug-likeness (QED) is 0.326. The third-order valence-corrected chi connectivity index (χ3v) is 6.18. The lowest BCUT2D eigenvalue weighted by molar-refractivity contribution is -0.124. The molecule has 0 radical (unpaired) electrons. The molecule has 5 rings (SSSR count). The largest absolute Gasteiger partial charge is 0.323 e. The molecule has 3 amide bonds. The number of nitrogens with zero attached hydrogens (tertiary/aromatic N) is 1. The van der Waals surface area contributed by atoms with Crippen molar-refractivity contribution in [1.29, 1.82) is 0 Å². The lowest BCUT2D eigenvalue weighted by atomic mass is 10.1. The summed E-state index contributed by atoms with van der Waals surface area (Å²) in [7, 11) is 0. The first-order valence-corrected chi connectivity index (χ1v) is 11.2. The highest BCUT2D eigenvalue weighted by Gasteiger charge is 2.28. The van der Waals surface area contributed by atoms with E-state index in [1.54, 1.807) is 42.5 Å². The summed E-state index contributed by atoms with van der Waals surface area (Å²) in [5.74, 6) is -1.17. The number of hydrogen-bond donors (Lipinski definition) is 2. The third kappa shape index (κ3) is 3.98. The summed E-state index contributed by atoms with van der Waals surface area (Å²) in [5.41, 5.74) is 2.41. The number of benzene rings is 4. The van der Waals surface area contributed by atoms with Crippen LogP contribution in [0.1, 0.15) is 16.8 Å². The lowest BCUT2D eigenvalue weighted by Crippen LogP contribution is -2.26. The Balaban J connectivity index is 1.49. The first-order chi connectivity index (χ1) is 16.4. The van der Waals surface area contributed by atoms with Gasteiger partial charge in [-0.3, -0.25) is 19.3 Å². The molecule has 34 heavy (non-hydrogen) atoms. The van der Waals surface area contributed by atoms with Gasteiger partial charge < -0.3 is 10.6 Å². The van der Waals surface area contributed by atoms with Crippen LogP contribution in [0.25, 0.3) is 10.8 Å². The fourth-order valence-electron chi connectivity index (χ4n) is 4.00. The summed E-state index contributed by atoms with van der Waals surface area (Å²) in [5, 5.41) is 7.93. The molecule has 1 aliphatic rings. The first kappa shape index (κ1) is 21.9. The Labute approximate surface area is 205 Å². The summed E-state index contributed by atoms with van der Waals surface area (Å²) >= 11 is 12.3. The summed E-state index contributed by atoms with van der Waals surface area (Å²) in [4.78, 5) is 39.6. The molecule has 0 atom stereocenters. The minimum absolute atomic E-state index is 0.183. The van der Waals surface area contributed by atoms with E-state index in [-0.39, 0.29) is 33.8 Å². The van der Waals surface area contributed by atoms with E-state index in [2.05, 4.69) is 10.6 Å². The monoisotopic (exact) mass is 489 g/mol. The summed E-state index contributed by atoms with van der Waals surface area (Å²) in [6, 6.07) is 23.0. The summed E-state index contributed by atoms with van der Waals surface area (Å²) < 4.78 is 0. The first-order valence-electron chi connectivity index (χ1n) is 10.4. The molecular weight excluding hydrogens is 473 g/mol. The Morgan fingerprint density at radius 3 is 2.29 bits per heavy atom. The van der Waals surface area contributed by atoms with Crippen LogP contribution in [0.2, 0.25) is 10.0 Å². The van der Waals surface area contributed by atoms with E-state index in [1.807, 2.05) is 36.4 Å². The molecule has 0 bridgehead atoms. The maximum absolute atomic E-state index is 13.0. The van der Waals surface area contributed by atoms with Crippen molar-refractivity contribution in [3.05, 3.63) is 94.5 Å². The predicted molar refractivity (Wildman–Crippen MR) is 135 cm³/mol. The summed E-state index contributed by atoms with van der Waals surface area (Å²) in [6.07, 6.45) is -0.285. The molecular formula is C26H17Cl2N3O3. The van der Waals surface area contributed by atoms with Gasteiger partial charge in [-0.2, -0.15) is 0 Å². The minimum atomic E-state index is -0.444. The lowest BCUT2D eigenvalue weighted by Gasteiger charge is -2.23. The molecule has 0 fully saturated rings. The van der Waals surface area contributed by atoms with E-state index in [0.29, 0.717) is 22.7 Å². The van der Waals surface area contributed by atoms with Crippen LogP contribution < -0.4 is 15.5 Å². The van der Waals surface area contributed by atoms with E-state index in [9.17, 15) is 14.4 Å². The zero-order chi connectivity index (χ0) is 23.8. The predicted octanol–water partition coefficient (Wildman–Crippen LogP) is 6.41. The molecule has 8 heteroatoms. The molecule has 6 nitrogen and oxygen atoms in total. The molecule has 0 saturated carbocycles. The zero-order valence-corrected chi connectivity index (χ0v) is 19.2. The highest BCUT2D eigenvalue weighted by molar-refractivity contribution is 6.40. The molecule has 168 valence electrons. The van der Waals surface area contributed by atoms with Gasteiger partial charge in [0.15, 0.2) is 0 Å². The molecule has 1 heterocycles. The molecule has 4 aromatic rings. The van der Waals surface area contributed by atoms with Crippen molar-refractivity contribution in [3.8, 4) is 0 Å². The Morgan fingerprint density at radius 1 is 0.853 bits per heavy atom. The molecule has 0 saturated heterocycles. The van der Waals surface area contributed by atoms with Crippen LogP contribution in [0.4, 0.5) is 22.7 Å². The van der Waals surface area contributed by atoms with Crippen LogP contribution in [0.15, 0.2) is 78.9 Å². The van der Waals surface area contributed by atoms with E-state index in [4.69, 9.17) is 23.2 Å². The van der Waals surface area contributed by atoms with Crippen molar-refractivity contribution >= 4 is 74.4 Å². The van der Waals surface area contributed by atoms with Gasteiger partial charge in [0.2, 0.25) is 11.8 Å². The highest BCUT2D eigenvalue weighted by atomic mass is 35.5. The van der Waals surface area contributed by atoms with Crippen molar-refractivity contribution in [2.75, 3.05) is 15.5 Å². The average Bonchev–Trinajstić information content (AvgIpc) is 2.94. The maximum atomic E-state index is 13.0. The molecule has 0 aliphatic carbocycles. The van der Waals surface area contributed by atoms with Gasteiger partial charge in [-0.1, -0.05) is 59.6 Å². The Hall–Kier alpha value is -3.87. The van der Waals surface area contributed by atoms with Crippen LogP contribution in [0.5, 0.6) is 0 Å². The van der Waals surface area contributed by atoms with Gasteiger partial charge in [0, 0.05) is 16.8 Å². The second kappa shape index (κ2) is 8.82. The van der Waals surface area contributed by atoms with Gasteiger partial charge >= 0.3 is 0 Å². The van der Waals surface area contributed by atoms with Gasteiger partial charge in [0.25, 0.3) is 5.91 Å². The van der Waals surface area contributed by atoms with E-state index in [1.165, 1.54) is 4.90 Å². The zero-order valence-electron chi connectivity index (χ0n) is 17.6. The van der Waals surface area contributed by atoms with E-state index < -0.39 is 5.91 Å². The molecule has 0 unspecified atom stereocenters. The number of amides is 3. The van der Waals surface area contributed by atoms with Crippen LogP contribution in [-0.4, -0.2) is 17.7 Å². The van der Waals surface area contributed by atoms with Gasteiger partial charge in [0.1, 0.15) is 6.42 Å². The SMILES string of the molecule is O=C1CC(=O)N(c2ccc(NC(=O)c3c(Cl)cccc3Cl)cc2)c2ccc3ccccc3c2N1. The van der Waals surface area contributed by atoms with Gasteiger partial charge in [-0.15, -0.1) is 0 Å². The third-order valence-electron chi connectivity index (χ3n) is 5.55. The smallest absolute Gasteiger partial charge is 0.258 e. The van der Waals surface area contributed by atoms with E-state index in [0.717, 1.165) is 10.8 Å². The van der Waals surface area contributed by atoms with Crippen molar-refractivity contribution < 1.29 is 14.4 Å². The van der Waals surface area contributed by atoms with Crippen molar-refractivity contribution in [3.63, 3.8) is 0 Å². The number of carbonyl (C=O) groups excluding carboxylic acids is 3. The fraction of sp³-hybridized carbons (Fsp3) is 0.0385. The van der Waals surface area contributed by atoms with Gasteiger partial charge in [0.05, 0.1) is 27.0 Å². The van der Waals surface area contributed by atoms with E-state index >= 15 is 0 Å². The van der Waals surface area contributed by atoms with Crippen molar-refractivity contribution in [1.82, 2.24) is 0 Å². The topological polar surface area (TPSA) is 78.5 Å². The summed E-state index contributed by atoms with van der Waals surface area (Å²) in [6.45, 7) is 0. The Kier molecular flexibility index (Phi) is 5.69. The van der Waals surface area contributed by atoms with Crippen LogP contribution >= 0.6 is 23.2 Å². The maximum Gasteiger partial charge on any atom is 0.258 e. The second-order valence-electron chi connectivity index (χ2n) is 7.73. The van der Waals surface area contributed by atoms with Crippen LogP contribution in [0.3, 0.4) is 0 Å². The molecule has 1 aliphatic heterocycles. The number of anilines is 4. The second-order valence-corrected chi connectivity index (χ2v) is 8.55. The molecule has 0 aromatic heterocycles. The van der Waals surface area contributed by atoms with Gasteiger partial charge in [-0.05, 0) is 47.9 Å². The fourth-order valence-corrected chi connectivity index (χ4v) is 4.57. The molecule has 2 N–H and O–H groups in total. The van der Waals surface area contributed by atoms with Crippen molar-refractivity contribution in [2.24, 2.45) is 0 Å². The number of hydrogen-bond acceptors (Lipinski definition) is 3. The standard InChI is InChI=1S/C26H17Cl2N3O3/c27-19-6-3-7-20(28)24(19)26(34)29-16-9-11-17(12-10-16)31-21-13-8-15-4-1-2-5-18(15)25(21)30-22(32)14-23(31)33/h1-13H,14H2,(H,29,34)(H,30,32). The van der Waals surface area contributed by atoms with Crippen molar-refractivity contribution in [2.45, 2.75) is 6.42 Å². The van der Waals surface area contributed by atoms with Crippen LogP contribution in [-0.2, 0) is 9.59 Å². The van der Waals surface area contributed by atoms with Crippen LogP contribution in [0, 0.1) is 0 Å². The number of nitrogens with one attached hydrogen (secondary N) is 2. The molecule has 4 aromatic carbocycles. The number of fused-ring (bicyclic) bond motifs is 3. The number of carbonyl (C=O) groups is 3. The minimum Gasteiger partial charge on any atom is -0.323 e. The normalized spacial score (nSPS) is 13.3. The number of rotatable bonds is 3. The number of halogens is 2. The highest BCUT2D eigenvalue weighted by Crippen LogP contribution is 2.40. The van der Waals surface area contributed by atoms with Gasteiger partial charge in [-0.25, -0.2) is 0 Å².